The summed E-state index contributed by atoms with van der Waals surface area (Å²) < 4.78 is 7.48. The van der Waals surface area contributed by atoms with Gasteiger partial charge in [-0.15, -0.1) is 10.2 Å². The number of carbonyl (C=O) groups is 1. The number of nitrogens with zero attached hydrogens (tertiary/aromatic N) is 3. The average Bonchev–Trinajstić information content (AvgIpc) is 3.03. The van der Waals surface area contributed by atoms with Crippen LogP contribution in [-0.2, 0) is 0 Å². The molecule has 3 aromatic rings. The molecule has 1 aliphatic heterocycles. The summed E-state index contributed by atoms with van der Waals surface area (Å²) in [5.41, 5.74) is 3.42. The minimum atomic E-state index is -0.111. The first kappa shape index (κ1) is 13.8. The number of amides is 1. The average molecular weight is 308 g/mol. The molecule has 6 heteroatoms. The summed E-state index contributed by atoms with van der Waals surface area (Å²) in [6.45, 7) is 2.62. The Bertz CT molecular complexity index is 887. The Kier molecular flexibility index (Phi) is 3.22. The quantitative estimate of drug-likeness (QED) is 0.788. The molecule has 3 heterocycles. The Labute approximate surface area is 133 Å². The number of fused-ring (bicyclic) bond motifs is 2. The molecule has 1 atom stereocenters. The predicted octanol–water partition coefficient (Wildman–Crippen LogP) is 2.29. The molecule has 23 heavy (non-hydrogen) atoms. The van der Waals surface area contributed by atoms with Crippen LogP contribution in [0.4, 0.5) is 0 Å². The largest absolute Gasteiger partial charge is 0.493 e. The number of para-hydroxylation sites is 1. The van der Waals surface area contributed by atoms with Crippen molar-refractivity contribution < 1.29 is 9.53 Å². The number of benzene rings is 1. The van der Waals surface area contributed by atoms with Gasteiger partial charge >= 0.3 is 0 Å². The lowest BCUT2D eigenvalue weighted by atomic mass is 9.97. The maximum atomic E-state index is 12.6. The normalized spacial score (nSPS) is 16.7. The molecule has 0 spiro atoms. The number of hydrogen-bond acceptors (Lipinski definition) is 4. The highest BCUT2D eigenvalue weighted by Gasteiger charge is 2.24. The summed E-state index contributed by atoms with van der Waals surface area (Å²) in [5, 5.41) is 10.9. The first-order valence-corrected chi connectivity index (χ1v) is 7.55. The third-order valence-electron chi connectivity index (χ3n) is 4.13. The van der Waals surface area contributed by atoms with Crippen molar-refractivity contribution in [2.75, 3.05) is 6.61 Å². The summed E-state index contributed by atoms with van der Waals surface area (Å²) in [6, 6.07) is 9.52. The number of ether oxygens (including phenoxy) is 1. The SMILES string of the molecule is Cc1cccc2c1OCC[C@@H]2NC(=O)c1ccc2nncn2c1. The predicted molar refractivity (Wildman–Crippen MR) is 84.5 cm³/mol. The van der Waals surface area contributed by atoms with Crippen molar-refractivity contribution in [1.29, 1.82) is 0 Å². The number of hydrogen-bond donors (Lipinski definition) is 1. The molecule has 1 aromatic carbocycles. The van der Waals surface area contributed by atoms with Gasteiger partial charge in [0.1, 0.15) is 12.1 Å². The molecule has 0 aliphatic carbocycles. The number of carbonyl (C=O) groups excluding carboxylic acids is 1. The van der Waals surface area contributed by atoms with Gasteiger partial charge in [0.15, 0.2) is 5.65 Å². The molecule has 0 saturated carbocycles. The Morgan fingerprint density at radius 2 is 2.26 bits per heavy atom. The van der Waals surface area contributed by atoms with Crippen molar-refractivity contribution >= 4 is 11.6 Å². The van der Waals surface area contributed by atoms with E-state index in [9.17, 15) is 4.79 Å². The number of nitrogens with one attached hydrogen (secondary N) is 1. The van der Waals surface area contributed by atoms with Crippen LogP contribution in [0.2, 0.25) is 0 Å². The van der Waals surface area contributed by atoms with Gasteiger partial charge in [-0.3, -0.25) is 9.20 Å². The number of aromatic nitrogens is 3. The lowest BCUT2D eigenvalue weighted by Gasteiger charge is -2.27. The van der Waals surface area contributed by atoms with Crippen molar-refractivity contribution in [2.45, 2.75) is 19.4 Å². The van der Waals surface area contributed by atoms with E-state index in [1.807, 2.05) is 25.1 Å². The van der Waals surface area contributed by atoms with Crippen molar-refractivity contribution in [2.24, 2.45) is 0 Å². The number of rotatable bonds is 2. The minimum absolute atomic E-state index is 0.0391. The van der Waals surface area contributed by atoms with E-state index in [0.717, 1.165) is 23.3 Å². The Balaban J connectivity index is 1.61. The zero-order chi connectivity index (χ0) is 15.8. The van der Waals surface area contributed by atoms with Gasteiger partial charge in [0, 0.05) is 18.2 Å². The standard InChI is InChI=1S/C17H16N4O2/c1-11-3-2-4-13-14(7-8-23-16(11)13)19-17(22)12-5-6-15-20-18-10-21(15)9-12/h2-6,9-10,14H,7-8H2,1H3,(H,19,22)/t14-/m0/s1. The van der Waals surface area contributed by atoms with E-state index < -0.39 is 0 Å². The molecule has 0 bridgehead atoms. The van der Waals surface area contributed by atoms with Gasteiger partial charge in [-0.05, 0) is 24.6 Å². The smallest absolute Gasteiger partial charge is 0.253 e. The third-order valence-corrected chi connectivity index (χ3v) is 4.13. The van der Waals surface area contributed by atoms with E-state index in [-0.39, 0.29) is 11.9 Å². The zero-order valence-electron chi connectivity index (χ0n) is 12.7. The van der Waals surface area contributed by atoms with Crippen LogP contribution in [0.25, 0.3) is 5.65 Å². The molecule has 1 amide bonds. The van der Waals surface area contributed by atoms with Crippen LogP contribution >= 0.6 is 0 Å². The van der Waals surface area contributed by atoms with E-state index in [4.69, 9.17) is 4.74 Å². The van der Waals surface area contributed by atoms with E-state index in [0.29, 0.717) is 17.8 Å². The highest BCUT2D eigenvalue weighted by molar-refractivity contribution is 5.94. The van der Waals surface area contributed by atoms with Gasteiger partial charge in [0.05, 0.1) is 18.2 Å². The fourth-order valence-corrected chi connectivity index (χ4v) is 2.93. The van der Waals surface area contributed by atoms with Gasteiger partial charge in [0.25, 0.3) is 5.91 Å². The van der Waals surface area contributed by atoms with Crippen LogP contribution in [0, 0.1) is 6.92 Å². The Hall–Kier alpha value is -2.89. The topological polar surface area (TPSA) is 68.5 Å². The highest BCUT2D eigenvalue weighted by atomic mass is 16.5. The second kappa shape index (κ2) is 5.39. The highest BCUT2D eigenvalue weighted by Crippen LogP contribution is 2.34. The summed E-state index contributed by atoms with van der Waals surface area (Å²) in [5.74, 6) is 0.776. The summed E-state index contributed by atoms with van der Waals surface area (Å²) in [4.78, 5) is 12.6. The summed E-state index contributed by atoms with van der Waals surface area (Å²) in [7, 11) is 0. The molecule has 0 unspecified atom stereocenters. The van der Waals surface area contributed by atoms with Crippen molar-refractivity contribution in [3.05, 3.63) is 59.5 Å². The molecule has 1 aliphatic rings. The van der Waals surface area contributed by atoms with Gasteiger partial charge in [-0.25, -0.2) is 0 Å². The second-order valence-electron chi connectivity index (χ2n) is 5.67. The van der Waals surface area contributed by atoms with Gasteiger partial charge in [-0.1, -0.05) is 18.2 Å². The second-order valence-corrected chi connectivity index (χ2v) is 5.67. The first-order chi connectivity index (χ1) is 11.2. The lowest BCUT2D eigenvalue weighted by Crippen LogP contribution is -2.32. The molecule has 0 radical (unpaired) electrons. The molecular weight excluding hydrogens is 292 g/mol. The van der Waals surface area contributed by atoms with Crippen LogP contribution in [-0.4, -0.2) is 27.1 Å². The molecular formula is C17H16N4O2. The number of pyridine rings is 1. The number of aryl methyl sites for hydroxylation is 1. The molecule has 1 N–H and O–H groups in total. The zero-order valence-corrected chi connectivity index (χ0v) is 12.7. The van der Waals surface area contributed by atoms with Crippen LogP contribution in [0.1, 0.15) is 33.9 Å². The maximum absolute atomic E-state index is 12.6. The monoisotopic (exact) mass is 308 g/mol. The van der Waals surface area contributed by atoms with Gasteiger partial charge in [0.2, 0.25) is 0 Å². The van der Waals surface area contributed by atoms with Crippen LogP contribution in [0.3, 0.4) is 0 Å². The fourth-order valence-electron chi connectivity index (χ4n) is 2.93. The first-order valence-electron chi connectivity index (χ1n) is 7.55. The summed E-state index contributed by atoms with van der Waals surface area (Å²) >= 11 is 0. The Morgan fingerprint density at radius 1 is 1.35 bits per heavy atom. The third kappa shape index (κ3) is 2.42. The van der Waals surface area contributed by atoms with Crippen LogP contribution < -0.4 is 10.1 Å². The van der Waals surface area contributed by atoms with Crippen LogP contribution in [0.15, 0.2) is 42.9 Å². The Morgan fingerprint density at radius 3 is 3.17 bits per heavy atom. The van der Waals surface area contributed by atoms with Gasteiger partial charge < -0.3 is 10.1 Å². The van der Waals surface area contributed by atoms with Crippen molar-refractivity contribution in [3.63, 3.8) is 0 Å². The molecule has 0 saturated heterocycles. The van der Waals surface area contributed by atoms with E-state index in [1.54, 1.807) is 29.1 Å². The summed E-state index contributed by atoms with van der Waals surface area (Å²) in [6.07, 6.45) is 4.08. The molecule has 2 aromatic heterocycles. The van der Waals surface area contributed by atoms with E-state index in [1.165, 1.54) is 0 Å². The van der Waals surface area contributed by atoms with Gasteiger partial charge in [-0.2, -0.15) is 0 Å². The van der Waals surface area contributed by atoms with Crippen molar-refractivity contribution in [1.82, 2.24) is 19.9 Å². The molecule has 0 fully saturated rings. The van der Waals surface area contributed by atoms with Crippen molar-refractivity contribution in [3.8, 4) is 5.75 Å². The molecule has 4 rings (SSSR count). The fraction of sp³-hybridized carbons (Fsp3) is 0.235. The molecule has 116 valence electrons. The van der Waals surface area contributed by atoms with E-state index in [2.05, 4.69) is 15.5 Å². The lowest BCUT2D eigenvalue weighted by molar-refractivity contribution is 0.0924. The van der Waals surface area contributed by atoms with E-state index >= 15 is 0 Å². The maximum Gasteiger partial charge on any atom is 0.253 e. The van der Waals surface area contributed by atoms with Crippen LogP contribution in [0.5, 0.6) is 5.75 Å². The minimum Gasteiger partial charge on any atom is -0.493 e. The molecule has 6 nitrogen and oxygen atoms in total.